The summed E-state index contributed by atoms with van der Waals surface area (Å²) in [5, 5.41) is 2.90. The number of carbonyl (C=O) groups excluding carboxylic acids is 1. The number of benzene rings is 2. The summed E-state index contributed by atoms with van der Waals surface area (Å²) in [7, 11) is 0. The molecule has 0 aliphatic carbocycles. The Labute approximate surface area is 143 Å². The maximum absolute atomic E-state index is 11.9. The normalized spacial score (nSPS) is 11.1. The van der Waals surface area contributed by atoms with E-state index in [0.717, 1.165) is 21.2 Å². The fourth-order valence-electron chi connectivity index (χ4n) is 2.30. The molecule has 0 aliphatic heterocycles. The minimum Gasteiger partial charge on any atom is -0.436 e. The Balaban J connectivity index is 1.86. The Morgan fingerprint density at radius 3 is 2.65 bits per heavy atom. The highest BCUT2D eigenvalue weighted by Crippen LogP contribution is 2.27. The van der Waals surface area contributed by atoms with E-state index in [4.69, 9.17) is 4.42 Å². The average molecular weight is 373 g/mol. The number of carbonyl (C=O) groups is 1. The van der Waals surface area contributed by atoms with Crippen molar-refractivity contribution in [3.8, 4) is 11.5 Å². The van der Waals surface area contributed by atoms with Crippen LogP contribution >= 0.6 is 15.9 Å². The van der Waals surface area contributed by atoms with Gasteiger partial charge in [0.25, 0.3) is 0 Å². The van der Waals surface area contributed by atoms with Crippen LogP contribution < -0.4 is 5.32 Å². The number of oxazole rings is 1. The number of rotatable bonds is 4. The summed E-state index contributed by atoms with van der Waals surface area (Å²) in [6.07, 6.45) is 0.501. The van der Waals surface area contributed by atoms with Crippen LogP contribution in [0.3, 0.4) is 0 Å². The maximum Gasteiger partial charge on any atom is 0.227 e. The smallest absolute Gasteiger partial charge is 0.227 e. The van der Waals surface area contributed by atoms with Crippen molar-refractivity contribution in [1.29, 1.82) is 0 Å². The third-order valence-electron chi connectivity index (χ3n) is 3.36. The lowest BCUT2D eigenvalue weighted by Crippen LogP contribution is -2.13. The van der Waals surface area contributed by atoms with E-state index < -0.39 is 0 Å². The molecule has 0 bridgehead atoms. The fourth-order valence-corrected chi connectivity index (χ4v) is 2.57. The number of aromatic nitrogens is 1. The van der Waals surface area contributed by atoms with Gasteiger partial charge in [0.1, 0.15) is 5.52 Å². The minimum absolute atomic E-state index is 0.0102. The molecule has 0 spiro atoms. The molecule has 3 rings (SSSR count). The van der Waals surface area contributed by atoms with Gasteiger partial charge in [-0.05, 0) is 48.4 Å². The second-order valence-electron chi connectivity index (χ2n) is 5.85. The van der Waals surface area contributed by atoms with Crippen molar-refractivity contribution in [3.63, 3.8) is 0 Å². The maximum atomic E-state index is 11.9. The molecule has 3 aromatic rings. The zero-order valence-electron chi connectivity index (χ0n) is 13.0. The highest BCUT2D eigenvalue weighted by Gasteiger charge is 2.10. The average Bonchev–Trinajstić information content (AvgIpc) is 2.90. The number of halogens is 1. The molecule has 0 saturated carbocycles. The molecule has 5 heteroatoms. The molecule has 23 heavy (non-hydrogen) atoms. The summed E-state index contributed by atoms with van der Waals surface area (Å²) in [5.41, 5.74) is 3.07. The Hall–Kier alpha value is -2.14. The van der Waals surface area contributed by atoms with Gasteiger partial charge in [0.2, 0.25) is 11.8 Å². The highest BCUT2D eigenvalue weighted by atomic mass is 79.9. The summed E-state index contributed by atoms with van der Waals surface area (Å²) >= 11 is 3.41. The van der Waals surface area contributed by atoms with Crippen LogP contribution in [-0.2, 0) is 4.79 Å². The molecule has 1 N–H and O–H groups in total. The van der Waals surface area contributed by atoms with Crippen LogP contribution in [0.25, 0.3) is 22.6 Å². The van der Waals surface area contributed by atoms with Crippen molar-refractivity contribution in [1.82, 2.24) is 4.98 Å². The van der Waals surface area contributed by atoms with Gasteiger partial charge in [-0.25, -0.2) is 4.98 Å². The summed E-state index contributed by atoms with van der Waals surface area (Å²) < 4.78 is 6.79. The topological polar surface area (TPSA) is 55.1 Å². The van der Waals surface area contributed by atoms with Crippen molar-refractivity contribution >= 4 is 38.6 Å². The van der Waals surface area contributed by atoms with Gasteiger partial charge >= 0.3 is 0 Å². The molecule has 0 radical (unpaired) electrons. The van der Waals surface area contributed by atoms with Gasteiger partial charge in [-0.15, -0.1) is 0 Å². The quantitative estimate of drug-likeness (QED) is 0.680. The second kappa shape index (κ2) is 6.54. The Morgan fingerprint density at radius 2 is 1.96 bits per heavy atom. The summed E-state index contributed by atoms with van der Waals surface area (Å²) in [6, 6.07) is 13.3. The highest BCUT2D eigenvalue weighted by molar-refractivity contribution is 9.10. The number of hydrogen-bond acceptors (Lipinski definition) is 3. The van der Waals surface area contributed by atoms with Crippen LogP contribution in [0.15, 0.2) is 51.4 Å². The molecule has 0 aliphatic rings. The number of nitrogens with zero attached hydrogens (tertiary/aromatic N) is 1. The molecular formula is C18H17BrN2O2. The van der Waals surface area contributed by atoms with Gasteiger partial charge in [0.05, 0.1) is 0 Å². The first-order valence-electron chi connectivity index (χ1n) is 7.47. The number of fused-ring (bicyclic) bond motifs is 1. The number of nitrogens with one attached hydrogen (secondary N) is 1. The molecule has 0 unspecified atom stereocenters. The third-order valence-corrected chi connectivity index (χ3v) is 3.88. The summed E-state index contributed by atoms with van der Waals surface area (Å²) in [4.78, 5) is 16.4. The van der Waals surface area contributed by atoms with E-state index >= 15 is 0 Å². The number of anilines is 1. The molecule has 1 amide bonds. The first kappa shape index (κ1) is 15.7. The monoisotopic (exact) mass is 372 g/mol. The molecule has 2 aromatic carbocycles. The lowest BCUT2D eigenvalue weighted by molar-refractivity contribution is -0.116. The Bertz CT molecular complexity index is 838. The van der Waals surface area contributed by atoms with Crippen molar-refractivity contribution < 1.29 is 9.21 Å². The fraction of sp³-hybridized carbons (Fsp3) is 0.222. The Kier molecular flexibility index (Phi) is 4.48. The van der Waals surface area contributed by atoms with Crippen molar-refractivity contribution in [2.75, 3.05) is 5.32 Å². The molecule has 1 aromatic heterocycles. The van der Waals surface area contributed by atoms with Gasteiger partial charge in [-0.1, -0.05) is 29.8 Å². The number of amides is 1. The first-order chi connectivity index (χ1) is 11.0. The van der Waals surface area contributed by atoms with Crippen molar-refractivity contribution in [2.24, 2.45) is 5.92 Å². The van der Waals surface area contributed by atoms with Gasteiger partial charge < -0.3 is 9.73 Å². The van der Waals surface area contributed by atoms with Gasteiger partial charge in [0.15, 0.2) is 5.58 Å². The van der Waals surface area contributed by atoms with E-state index in [1.165, 1.54) is 0 Å². The molecule has 118 valence electrons. The third kappa shape index (κ3) is 3.79. The summed E-state index contributed by atoms with van der Waals surface area (Å²) in [5.74, 6) is 0.906. The SMILES string of the molecule is CC(C)CC(=O)Nc1ccc2oc(-c3ccc(Br)cc3)nc2c1. The predicted octanol–water partition coefficient (Wildman–Crippen LogP) is 5.24. The van der Waals surface area contributed by atoms with Crippen LogP contribution in [0.5, 0.6) is 0 Å². The van der Waals surface area contributed by atoms with Crippen molar-refractivity contribution in [2.45, 2.75) is 20.3 Å². The summed E-state index contributed by atoms with van der Waals surface area (Å²) in [6.45, 7) is 4.04. The van der Waals surface area contributed by atoms with Crippen molar-refractivity contribution in [3.05, 3.63) is 46.9 Å². The van der Waals surface area contributed by atoms with Crippen LogP contribution in [0.2, 0.25) is 0 Å². The van der Waals surface area contributed by atoms with E-state index in [0.29, 0.717) is 23.8 Å². The zero-order chi connectivity index (χ0) is 16.4. The van der Waals surface area contributed by atoms with Crippen LogP contribution in [0, 0.1) is 5.92 Å². The molecule has 0 saturated heterocycles. The van der Waals surface area contributed by atoms with Crippen LogP contribution in [-0.4, -0.2) is 10.9 Å². The first-order valence-corrected chi connectivity index (χ1v) is 8.27. The van der Waals surface area contributed by atoms with Gasteiger partial charge in [-0.3, -0.25) is 4.79 Å². The van der Waals surface area contributed by atoms with Gasteiger partial charge in [-0.2, -0.15) is 0 Å². The zero-order valence-corrected chi connectivity index (χ0v) is 14.6. The van der Waals surface area contributed by atoms with Gasteiger partial charge in [0, 0.05) is 22.1 Å². The standard InChI is InChI=1S/C18H17BrN2O2/c1-11(2)9-17(22)20-14-7-8-16-15(10-14)21-18(23-16)12-3-5-13(19)6-4-12/h3-8,10-11H,9H2,1-2H3,(H,20,22). The molecule has 0 atom stereocenters. The van der Waals surface area contributed by atoms with Crippen LogP contribution in [0.1, 0.15) is 20.3 Å². The molecule has 1 heterocycles. The predicted molar refractivity (Wildman–Crippen MR) is 95.2 cm³/mol. The van der Waals surface area contributed by atoms with E-state index in [-0.39, 0.29) is 5.91 Å². The lowest BCUT2D eigenvalue weighted by Gasteiger charge is -2.06. The van der Waals surface area contributed by atoms with Crippen LogP contribution in [0.4, 0.5) is 5.69 Å². The molecule has 4 nitrogen and oxygen atoms in total. The molecule has 0 fully saturated rings. The van der Waals surface area contributed by atoms with E-state index in [1.807, 2.05) is 56.3 Å². The number of hydrogen-bond donors (Lipinski definition) is 1. The lowest BCUT2D eigenvalue weighted by atomic mass is 10.1. The second-order valence-corrected chi connectivity index (χ2v) is 6.77. The molecular weight excluding hydrogens is 356 g/mol. The minimum atomic E-state index is 0.0102. The van der Waals surface area contributed by atoms with E-state index in [9.17, 15) is 4.79 Å². The Morgan fingerprint density at radius 1 is 1.22 bits per heavy atom. The largest absolute Gasteiger partial charge is 0.436 e. The van der Waals surface area contributed by atoms with E-state index in [2.05, 4.69) is 26.2 Å². The van der Waals surface area contributed by atoms with E-state index in [1.54, 1.807) is 0 Å².